The number of rotatable bonds is 5. The van der Waals surface area contributed by atoms with Crippen LogP contribution < -0.4 is 0 Å². The lowest BCUT2D eigenvalue weighted by Gasteiger charge is -2.28. The van der Waals surface area contributed by atoms with Gasteiger partial charge in [0.25, 0.3) is 0 Å². The Bertz CT molecular complexity index is 233. The van der Waals surface area contributed by atoms with E-state index in [2.05, 4.69) is 6.07 Å². The van der Waals surface area contributed by atoms with Crippen molar-refractivity contribution in [2.75, 3.05) is 0 Å². The van der Waals surface area contributed by atoms with Gasteiger partial charge in [0, 0.05) is 0 Å². The number of nitriles is 1. The van der Waals surface area contributed by atoms with Crippen molar-refractivity contribution in [2.24, 2.45) is 0 Å². The summed E-state index contributed by atoms with van der Waals surface area (Å²) in [5.41, 5.74) is 1.21. The summed E-state index contributed by atoms with van der Waals surface area (Å²) in [5.74, 6) is 0.00735. The van der Waals surface area contributed by atoms with Gasteiger partial charge < -0.3 is 0 Å². The van der Waals surface area contributed by atoms with Gasteiger partial charge in [-0.15, -0.1) is 0 Å². The van der Waals surface area contributed by atoms with Crippen molar-refractivity contribution in [1.82, 2.24) is 0 Å². The lowest BCUT2D eigenvalue weighted by molar-refractivity contribution is 0.576. The van der Waals surface area contributed by atoms with Crippen LogP contribution in [0.25, 0.3) is 0 Å². The Morgan fingerprint density at radius 1 is 1.57 bits per heavy atom. The molecule has 1 atom stereocenters. The maximum Gasteiger partial charge on any atom is 0.0732 e. The van der Waals surface area contributed by atoms with Crippen LogP contribution in [0.1, 0.15) is 40.0 Å². The van der Waals surface area contributed by atoms with Crippen molar-refractivity contribution < 1.29 is 0 Å². The molecule has 0 aliphatic heterocycles. The van der Waals surface area contributed by atoms with E-state index in [0.29, 0.717) is 6.42 Å². The van der Waals surface area contributed by atoms with E-state index in [1.54, 1.807) is 0 Å². The summed E-state index contributed by atoms with van der Waals surface area (Å²) in [6, 6.07) is 2.08. The number of hydrogen-bond acceptors (Lipinski definition) is 1. The van der Waals surface area contributed by atoms with E-state index in [0.717, 1.165) is 12.8 Å². The monoisotopic (exact) mass is 185 g/mol. The van der Waals surface area contributed by atoms with Crippen molar-refractivity contribution in [3.8, 4) is 6.07 Å². The Morgan fingerprint density at radius 2 is 2.14 bits per heavy atom. The van der Waals surface area contributed by atoms with Gasteiger partial charge in [-0.2, -0.15) is 5.26 Å². The quantitative estimate of drug-likeness (QED) is 0.476. The molecule has 0 aromatic carbocycles. The Balaban J connectivity index is 3.90. The first kappa shape index (κ1) is 13.4. The average Bonchev–Trinajstić information content (AvgIpc) is 2.09. The number of nitrogens with zero attached hydrogens (tertiary/aromatic N) is 1. The van der Waals surface area contributed by atoms with Crippen molar-refractivity contribution in [1.29, 1.82) is 5.26 Å². The highest BCUT2D eigenvalue weighted by Crippen LogP contribution is 2.37. The summed E-state index contributed by atoms with van der Waals surface area (Å²) in [5, 5.41) is 8.06. The van der Waals surface area contributed by atoms with E-state index >= 15 is 0 Å². The van der Waals surface area contributed by atoms with Crippen LogP contribution in [0, 0.1) is 11.3 Å². The number of hydrogen-bond donors (Lipinski definition) is 0. The molecular weight excluding hydrogens is 168 g/mol. The van der Waals surface area contributed by atoms with Crippen LogP contribution in [-0.2, 0) is 0 Å². The van der Waals surface area contributed by atoms with Crippen LogP contribution in [-0.4, -0.2) is 15.7 Å². The SMILES string of the molecule is [B]C(CC/C(C)=C/CC#N)C([B])(C)C. The van der Waals surface area contributed by atoms with Gasteiger partial charge in [-0.1, -0.05) is 43.0 Å². The zero-order chi connectivity index (χ0) is 11.2. The summed E-state index contributed by atoms with van der Waals surface area (Å²) in [6.07, 6.45) is 4.21. The molecule has 0 saturated heterocycles. The molecule has 0 rings (SSSR count). The molecule has 0 spiro atoms. The van der Waals surface area contributed by atoms with Crippen LogP contribution in [0.2, 0.25) is 11.1 Å². The molecule has 0 bridgehead atoms. The fraction of sp³-hybridized carbons (Fsp3) is 0.727. The third-order valence-electron chi connectivity index (χ3n) is 2.35. The molecule has 4 radical (unpaired) electrons. The molecule has 0 saturated carbocycles. The minimum Gasteiger partial charge on any atom is -0.198 e. The van der Waals surface area contributed by atoms with Gasteiger partial charge in [0.1, 0.15) is 0 Å². The summed E-state index contributed by atoms with van der Waals surface area (Å²) >= 11 is 0. The topological polar surface area (TPSA) is 23.8 Å². The Morgan fingerprint density at radius 3 is 2.57 bits per heavy atom. The molecule has 0 aromatic heterocycles. The predicted octanol–water partition coefficient (Wildman–Crippen LogP) is 2.95. The van der Waals surface area contributed by atoms with E-state index in [4.69, 9.17) is 21.0 Å². The molecule has 0 fully saturated rings. The highest BCUT2D eigenvalue weighted by Gasteiger charge is 2.18. The molecule has 0 aliphatic carbocycles. The zero-order valence-corrected chi connectivity index (χ0v) is 9.38. The van der Waals surface area contributed by atoms with E-state index < -0.39 is 0 Å². The molecule has 72 valence electrons. The van der Waals surface area contributed by atoms with Crippen LogP contribution in [0.3, 0.4) is 0 Å². The van der Waals surface area contributed by atoms with E-state index in [9.17, 15) is 0 Å². The van der Waals surface area contributed by atoms with E-state index in [-0.39, 0.29) is 11.1 Å². The second-order valence-corrected chi connectivity index (χ2v) is 4.38. The van der Waals surface area contributed by atoms with Crippen molar-refractivity contribution in [3.05, 3.63) is 11.6 Å². The van der Waals surface area contributed by atoms with Crippen LogP contribution in [0.15, 0.2) is 11.6 Å². The molecule has 14 heavy (non-hydrogen) atoms. The van der Waals surface area contributed by atoms with Crippen molar-refractivity contribution in [3.63, 3.8) is 0 Å². The smallest absolute Gasteiger partial charge is 0.0732 e. The minimum atomic E-state index is -0.324. The van der Waals surface area contributed by atoms with Crippen molar-refractivity contribution in [2.45, 2.75) is 51.2 Å². The molecule has 1 nitrogen and oxygen atoms in total. The van der Waals surface area contributed by atoms with Crippen LogP contribution >= 0.6 is 0 Å². The first-order valence-electron chi connectivity index (χ1n) is 4.95. The highest BCUT2D eigenvalue weighted by atomic mass is 14.2. The third kappa shape index (κ3) is 5.91. The van der Waals surface area contributed by atoms with Crippen LogP contribution in [0.5, 0.6) is 0 Å². The second-order valence-electron chi connectivity index (χ2n) is 4.38. The van der Waals surface area contributed by atoms with Gasteiger partial charge in [-0.05, 0) is 13.3 Å². The van der Waals surface area contributed by atoms with Gasteiger partial charge in [-0.25, -0.2) is 0 Å². The lowest BCUT2D eigenvalue weighted by atomic mass is 9.55. The Hall–Kier alpha value is -0.640. The highest BCUT2D eigenvalue weighted by molar-refractivity contribution is 6.23. The molecule has 0 heterocycles. The Labute approximate surface area is 90.4 Å². The number of allylic oxidation sites excluding steroid dienone is 2. The molecule has 1 unspecified atom stereocenters. The van der Waals surface area contributed by atoms with Crippen molar-refractivity contribution >= 4 is 15.7 Å². The van der Waals surface area contributed by atoms with Gasteiger partial charge in [0.2, 0.25) is 0 Å². The maximum absolute atomic E-state index is 8.38. The normalized spacial score (nSPS) is 14.9. The lowest BCUT2D eigenvalue weighted by Crippen LogP contribution is -2.12. The summed E-state index contributed by atoms with van der Waals surface area (Å²) in [7, 11) is 11.8. The molecule has 0 N–H and O–H groups in total. The van der Waals surface area contributed by atoms with Gasteiger partial charge >= 0.3 is 0 Å². The first-order chi connectivity index (χ1) is 6.38. The molecule has 0 aliphatic rings. The second kappa shape index (κ2) is 5.96. The van der Waals surface area contributed by atoms with E-state index in [1.807, 2.05) is 26.8 Å². The molecule has 0 aromatic rings. The van der Waals surface area contributed by atoms with Gasteiger partial charge in [0.15, 0.2) is 0 Å². The Kier molecular flexibility index (Phi) is 5.69. The zero-order valence-electron chi connectivity index (χ0n) is 9.38. The fourth-order valence-corrected chi connectivity index (χ4v) is 1.08. The molecule has 3 heteroatoms. The van der Waals surface area contributed by atoms with E-state index in [1.165, 1.54) is 5.57 Å². The maximum atomic E-state index is 8.38. The first-order valence-corrected chi connectivity index (χ1v) is 4.95. The fourth-order valence-electron chi connectivity index (χ4n) is 1.08. The summed E-state index contributed by atoms with van der Waals surface area (Å²) < 4.78 is 0. The molecular formula is C11H17B2N. The summed E-state index contributed by atoms with van der Waals surface area (Å²) in [6.45, 7) is 5.89. The minimum absolute atomic E-state index is 0.00735. The standard InChI is InChI=1S/C11H17B2N/c1-9(5-4-8-14)6-7-10(12)11(2,3)13/h5,10H,4,6-7H2,1-3H3/b9-5+. The average molecular weight is 185 g/mol. The summed E-state index contributed by atoms with van der Waals surface area (Å²) in [4.78, 5) is 0. The third-order valence-corrected chi connectivity index (χ3v) is 2.35. The molecule has 0 amide bonds. The predicted molar refractivity (Wildman–Crippen MR) is 62.5 cm³/mol. The van der Waals surface area contributed by atoms with Gasteiger partial charge in [0.05, 0.1) is 28.2 Å². The van der Waals surface area contributed by atoms with Gasteiger partial charge in [-0.3, -0.25) is 0 Å². The largest absolute Gasteiger partial charge is 0.198 e. The van der Waals surface area contributed by atoms with Crippen LogP contribution in [0.4, 0.5) is 0 Å².